The Morgan fingerprint density at radius 2 is 2.27 bits per heavy atom. The molecule has 0 amide bonds. The predicted molar refractivity (Wildman–Crippen MR) is 56.3 cm³/mol. The zero-order valence-corrected chi connectivity index (χ0v) is 8.83. The number of aliphatic hydroxyl groups excluding tert-OH is 1. The van der Waals surface area contributed by atoms with E-state index in [0.717, 1.165) is 5.56 Å². The molecule has 0 aliphatic carbocycles. The van der Waals surface area contributed by atoms with Crippen LogP contribution in [0.3, 0.4) is 0 Å². The van der Waals surface area contributed by atoms with E-state index in [0.29, 0.717) is 22.9 Å². The second-order valence-corrected chi connectivity index (χ2v) is 3.81. The largest absolute Gasteiger partial charge is 0.454 e. The van der Waals surface area contributed by atoms with Crippen LogP contribution < -0.4 is 15.2 Å². The van der Waals surface area contributed by atoms with E-state index in [2.05, 4.69) is 0 Å². The zero-order valence-electron chi connectivity index (χ0n) is 8.07. The molecule has 0 radical (unpaired) electrons. The molecule has 3 N–H and O–H groups in total. The lowest BCUT2D eigenvalue weighted by atomic mass is 10.1. The van der Waals surface area contributed by atoms with Crippen molar-refractivity contribution in [1.82, 2.24) is 0 Å². The predicted octanol–water partition coefficient (Wildman–Crippen LogP) is 0.931. The number of fused-ring (bicyclic) bond motifs is 1. The second kappa shape index (κ2) is 4.26. The zero-order chi connectivity index (χ0) is 10.8. The van der Waals surface area contributed by atoms with Gasteiger partial charge in [0.1, 0.15) is 0 Å². The Labute approximate surface area is 92.5 Å². The molecule has 1 aliphatic heterocycles. The molecular formula is C10H12ClNO3. The van der Waals surface area contributed by atoms with Crippen LogP contribution in [0, 0.1) is 0 Å². The molecule has 2 rings (SSSR count). The summed E-state index contributed by atoms with van der Waals surface area (Å²) in [5.41, 5.74) is 6.22. The van der Waals surface area contributed by atoms with Gasteiger partial charge in [-0.1, -0.05) is 11.6 Å². The number of halogens is 1. The minimum absolute atomic E-state index is 0.192. The highest BCUT2D eigenvalue weighted by Crippen LogP contribution is 2.39. The molecule has 4 nitrogen and oxygen atoms in total. The van der Waals surface area contributed by atoms with E-state index in [4.69, 9.17) is 26.8 Å². The van der Waals surface area contributed by atoms with E-state index in [9.17, 15) is 5.11 Å². The molecule has 1 heterocycles. The molecule has 1 aliphatic rings. The number of rotatable bonds is 3. The fourth-order valence-electron chi connectivity index (χ4n) is 1.49. The molecule has 15 heavy (non-hydrogen) atoms. The summed E-state index contributed by atoms with van der Waals surface area (Å²) in [6, 6.07) is 3.57. The molecule has 0 fully saturated rings. The van der Waals surface area contributed by atoms with E-state index in [1.807, 2.05) is 6.07 Å². The van der Waals surface area contributed by atoms with Crippen LogP contribution >= 0.6 is 11.6 Å². The van der Waals surface area contributed by atoms with Crippen LogP contribution in [-0.4, -0.2) is 24.5 Å². The van der Waals surface area contributed by atoms with E-state index < -0.39 is 6.10 Å². The van der Waals surface area contributed by atoms with Crippen molar-refractivity contribution in [3.8, 4) is 11.5 Å². The topological polar surface area (TPSA) is 64.7 Å². The Morgan fingerprint density at radius 3 is 3.00 bits per heavy atom. The maximum Gasteiger partial charge on any atom is 0.231 e. The molecule has 82 valence electrons. The number of aliphatic hydroxyl groups is 1. The van der Waals surface area contributed by atoms with E-state index in [-0.39, 0.29) is 13.3 Å². The Morgan fingerprint density at radius 1 is 1.47 bits per heavy atom. The fraction of sp³-hybridized carbons (Fsp3) is 0.400. The molecule has 0 saturated heterocycles. The number of ether oxygens (including phenoxy) is 2. The normalized spacial score (nSPS) is 15.4. The van der Waals surface area contributed by atoms with Crippen molar-refractivity contribution in [2.75, 3.05) is 13.3 Å². The van der Waals surface area contributed by atoms with Gasteiger partial charge in [0.25, 0.3) is 0 Å². The third-order valence-electron chi connectivity index (χ3n) is 2.23. The summed E-state index contributed by atoms with van der Waals surface area (Å²) in [6.07, 6.45) is -0.0891. The third kappa shape index (κ3) is 2.17. The number of hydrogen-bond donors (Lipinski definition) is 2. The Kier molecular flexibility index (Phi) is 3.00. The first-order valence-electron chi connectivity index (χ1n) is 4.67. The smallest absolute Gasteiger partial charge is 0.231 e. The molecule has 1 aromatic carbocycles. The fourth-order valence-corrected chi connectivity index (χ4v) is 1.78. The molecule has 0 aromatic heterocycles. The van der Waals surface area contributed by atoms with Crippen molar-refractivity contribution < 1.29 is 14.6 Å². The molecular weight excluding hydrogens is 218 g/mol. The summed E-state index contributed by atoms with van der Waals surface area (Å²) in [5.74, 6) is 1.20. The maximum atomic E-state index is 9.41. The quantitative estimate of drug-likeness (QED) is 0.810. The summed E-state index contributed by atoms with van der Waals surface area (Å²) in [7, 11) is 0. The van der Waals surface area contributed by atoms with Gasteiger partial charge < -0.3 is 20.3 Å². The maximum absolute atomic E-state index is 9.41. The summed E-state index contributed by atoms with van der Waals surface area (Å²) in [5, 5.41) is 9.91. The lowest BCUT2D eigenvalue weighted by molar-refractivity contribution is 0.173. The van der Waals surface area contributed by atoms with E-state index in [1.165, 1.54) is 0 Å². The summed E-state index contributed by atoms with van der Waals surface area (Å²) >= 11 is 5.98. The molecule has 0 saturated carbocycles. The molecule has 1 atom stereocenters. The highest BCUT2D eigenvalue weighted by atomic mass is 35.5. The van der Waals surface area contributed by atoms with Crippen molar-refractivity contribution in [2.24, 2.45) is 5.73 Å². The number of benzene rings is 1. The van der Waals surface area contributed by atoms with Crippen molar-refractivity contribution in [3.05, 3.63) is 22.7 Å². The minimum Gasteiger partial charge on any atom is -0.454 e. The molecule has 5 heteroatoms. The second-order valence-electron chi connectivity index (χ2n) is 3.41. The molecule has 0 spiro atoms. The summed E-state index contributed by atoms with van der Waals surface area (Å²) in [6.45, 7) is 0.421. The van der Waals surface area contributed by atoms with Crippen LogP contribution in [0.5, 0.6) is 11.5 Å². The standard InChI is InChI=1S/C10H12ClNO3/c11-8-2-6(1-7(13)4-12)3-9-10(8)15-5-14-9/h2-3,7,13H,1,4-5,12H2. The van der Waals surface area contributed by atoms with Gasteiger partial charge in [0.15, 0.2) is 11.5 Å². The first-order valence-corrected chi connectivity index (χ1v) is 5.04. The average molecular weight is 230 g/mol. The molecule has 1 unspecified atom stereocenters. The molecule has 1 aromatic rings. The lowest BCUT2D eigenvalue weighted by Gasteiger charge is -2.09. The van der Waals surface area contributed by atoms with Gasteiger partial charge in [-0.25, -0.2) is 0 Å². The number of hydrogen-bond acceptors (Lipinski definition) is 4. The van der Waals surface area contributed by atoms with Gasteiger partial charge in [-0.3, -0.25) is 0 Å². The highest BCUT2D eigenvalue weighted by Gasteiger charge is 2.18. The van der Waals surface area contributed by atoms with E-state index >= 15 is 0 Å². The van der Waals surface area contributed by atoms with Crippen LogP contribution in [0.15, 0.2) is 12.1 Å². The first kappa shape index (κ1) is 10.5. The lowest BCUT2D eigenvalue weighted by Crippen LogP contribution is -2.21. The van der Waals surface area contributed by atoms with Gasteiger partial charge in [0.2, 0.25) is 6.79 Å². The monoisotopic (exact) mass is 229 g/mol. The van der Waals surface area contributed by atoms with Crippen LogP contribution in [0.25, 0.3) is 0 Å². The van der Waals surface area contributed by atoms with Gasteiger partial charge in [-0.15, -0.1) is 0 Å². The minimum atomic E-state index is -0.554. The van der Waals surface area contributed by atoms with Gasteiger partial charge in [-0.05, 0) is 24.1 Å². The SMILES string of the molecule is NCC(O)Cc1cc(Cl)c2c(c1)OCO2. The van der Waals surface area contributed by atoms with E-state index in [1.54, 1.807) is 6.07 Å². The highest BCUT2D eigenvalue weighted by molar-refractivity contribution is 6.32. The van der Waals surface area contributed by atoms with Gasteiger partial charge >= 0.3 is 0 Å². The van der Waals surface area contributed by atoms with Gasteiger partial charge in [0.05, 0.1) is 11.1 Å². The van der Waals surface area contributed by atoms with Crippen molar-refractivity contribution >= 4 is 11.6 Å². The van der Waals surface area contributed by atoms with Crippen molar-refractivity contribution in [1.29, 1.82) is 0 Å². The third-order valence-corrected chi connectivity index (χ3v) is 2.51. The van der Waals surface area contributed by atoms with Crippen LogP contribution in [-0.2, 0) is 6.42 Å². The summed E-state index contributed by atoms with van der Waals surface area (Å²) in [4.78, 5) is 0. The number of nitrogens with two attached hydrogens (primary N) is 1. The Hall–Kier alpha value is -0.970. The van der Waals surface area contributed by atoms with Crippen molar-refractivity contribution in [2.45, 2.75) is 12.5 Å². The van der Waals surface area contributed by atoms with Crippen molar-refractivity contribution in [3.63, 3.8) is 0 Å². The van der Waals surface area contributed by atoms with Crippen LogP contribution in [0.4, 0.5) is 0 Å². The van der Waals surface area contributed by atoms with Gasteiger partial charge in [0, 0.05) is 6.54 Å². The van der Waals surface area contributed by atoms with Crippen LogP contribution in [0.2, 0.25) is 5.02 Å². The average Bonchev–Trinajstić information content (AvgIpc) is 2.66. The summed E-state index contributed by atoms with van der Waals surface area (Å²) < 4.78 is 10.4. The molecule has 0 bridgehead atoms. The van der Waals surface area contributed by atoms with Gasteiger partial charge in [-0.2, -0.15) is 0 Å². The Balaban J connectivity index is 2.23. The Bertz CT molecular complexity index is 370. The first-order chi connectivity index (χ1) is 7.20. The van der Waals surface area contributed by atoms with Crippen LogP contribution in [0.1, 0.15) is 5.56 Å².